The van der Waals surface area contributed by atoms with Gasteiger partial charge in [0.25, 0.3) is 0 Å². The summed E-state index contributed by atoms with van der Waals surface area (Å²) in [5.74, 6) is 0.380. The number of carbonyl (C=O) groups excluding carboxylic acids is 1. The van der Waals surface area contributed by atoms with E-state index < -0.39 is 23.2 Å². The fraction of sp³-hybridized carbons (Fsp3) is 0.529. The van der Waals surface area contributed by atoms with Gasteiger partial charge in [-0.1, -0.05) is 20.8 Å². The van der Waals surface area contributed by atoms with Crippen molar-refractivity contribution in [2.45, 2.75) is 52.4 Å². The highest BCUT2D eigenvalue weighted by Gasteiger charge is 2.45. The van der Waals surface area contributed by atoms with E-state index in [9.17, 15) is 9.90 Å². The van der Waals surface area contributed by atoms with Crippen LogP contribution in [0.4, 0.5) is 0 Å². The number of nitrogens with one attached hydrogen (secondary N) is 1. The first-order valence-corrected chi connectivity index (χ1v) is 7.28. The van der Waals surface area contributed by atoms with Crippen molar-refractivity contribution in [2.24, 2.45) is 5.41 Å². The highest BCUT2D eigenvalue weighted by molar-refractivity contribution is 5.82. The van der Waals surface area contributed by atoms with Crippen molar-refractivity contribution in [1.82, 2.24) is 5.32 Å². The van der Waals surface area contributed by atoms with Crippen LogP contribution in [-0.4, -0.2) is 22.7 Å². The smallest absolute Gasteiger partial charge is 0.225 e. The van der Waals surface area contributed by atoms with Gasteiger partial charge in [-0.15, -0.1) is 0 Å². The summed E-state index contributed by atoms with van der Waals surface area (Å²) >= 11 is 0. The number of amides is 1. The lowest BCUT2D eigenvalue weighted by atomic mass is 9.84. The molecule has 1 amide bonds. The maximum atomic E-state index is 12.3. The number of benzene rings is 1. The van der Waals surface area contributed by atoms with Crippen LogP contribution in [0.1, 0.15) is 51.8 Å². The normalized spacial score (nSPS) is 23.0. The number of carbonyl (C=O) groups is 1. The molecule has 2 rings (SSSR count). The quantitative estimate of drug-likeness (QED) is 0.834. The molecule has 0 aliphatic carbocycles. The van der Waals surface area contributed by atoms with Crippen LogP contribution >= 0.6 is 0 Å². The van der Waals surface area contributed by atoms with Gasteiger partial charge in [0, 0.05) is 11.0 Å². The first-order valence-electron chi connectivity index (χ1n) is 7.28. The SMILES string of the molecule is CC(C)(C)C(=O)N[C@@H]1[C@@H](O)c2cc(C#N)ccc2OC1(C)C. The lowest BCUT2D eigenvalue weighted by molar-refractivity contribution is -0.133. The summed E-state index contributed by atoms with van der Waals surface area (Å²) in [5, 5.41) is 22.6. The molecule has 5 heteroatoms. The molecule has 1 aliphatic rings. The second-order valence-electron chi connectivity index (χ2n) is 7.22. The molecule has 118 valence electrons. The summed E-state index contributed by atoms with van der Waals surface area (Å²) in [4.78, 5) is 12.3. The second-order valence-corrected chi connectivity index (χ2v) is 7.22. The van der Waals surface area contributed by atoms with Crippen LogP contribution in [-0.2, 0) is 4.79 Å². The Morgan fingerprint density at radius 3 is 2.59 bits per heavy atom. The van der Waals surface area contributed by atoms with Gasteiger partial charge in [-0.05, 0) is 32.0 Å². The van der Waals surface area contributed by atoms with Gasteiger partial charge in [0.2, 0.25) is 5.91 Å². The number of nitrogens with zero attached hydrogens (tertiary/aromatic N) is 1. The zero-order chi connectivity index (χ0) is 16.7. The van der Waals surface area contributed by atoms with Gasteiger partial charge in [0.1, 0.15) is 17.5 Å². The summed E-state index contributed by atoms with van der Waals surface area (Å²) in [5.41, 5.74) is -0.355. The van der Waals surface area contributed by atoms with Gasteiger partial charge in [-0.25, -0.2) is 0 Å². The highest BCUT2D eigenvalue weighted by Crippen LogP contribution is 2.40. The summed E-state index contributed by atoms with van der Waals surface area (Å²) in [6.45, 7) is 9.09. The maximum absolute atomic E-state index is 12.3. The molecule has 1 aliphatic heterocycles. The average molecular weight is 302 g/mol. The van der Waals surface area contributed by atoms with Gasteiger partial charge in [0.15, 0.2) is 0 Å². The Hall–Kier alpha value is -2.06. The standard InChI is InChI=1S/C17H22N2O3/c1-16(2,3)15(21)19-14-13(20)11-8-10(9-18)6-7-12(11)22-17(14,4)5/h6-8,13-14,20H,1-5H3,(H,19,21)/t13-,14+/m0/s1. The van der Waals surface area contributed by atoms with Gasteiger partial charge < -0.3 is 15.2 Å². The van der Waals surface area contributed by atoms with E-state index in [-0.39, 0.29) is 5.91 Å². The third-order valence-corrected chi connectivity index (χ3v) is 3.86. The van der Waals surface area contributed by atoms with E-state index in [2.05, 4.69) is 5.32 Å². The van der Waals surface area contributed by atoms with E-state index in [4.69, 9.17) is 10.00 Å². The van der Waals surface area contributed by atoms with Crippen molar-refractivity contribution in [3.05, 3.63) is 29.3 Å². The zero-order valence-electron chi connectivity index (χ0n) is 13.6. The Labute approximate surface area is 130 Å². The first-order chi connectivity index (χ1) is 10.1. The van der Waals surface area contributed by atoms with Crippen molar-refractivity contribution >= 4 is 5.91 Å². The summed E-state index contributed by atoms with van der Waals surface area (Å²) in [6, 6.07) is 6.38. The summed E-state index contributed by atoms with van der Waals surface area (Å²) < 4.78 is 5.93. The molecular weight excluding hydrogens is 280 g/mol. The Bertz CT molecular complexity index is 638. The van der Waals surface area contributed by atoms with E-state index in [1.165, 1.54) is 0 Å². The lowest BCUT2D eigenvalue weighted by Crippen LogP contribution is -2.59. The Morgan fingerprint density at radius 2 is 2.05 bits per heavy atom. The number of ether oxygens (including phenoxy) is 1. The van der Waals surface area contributed by atoms with E-state index in [1.807, 2.05) is 40.7 Å². The van der Waals surface area contributed by atoms with Gasteiger partial charge in [-0.2, -0.15) is 5.26 Å². The number of aliphatic hydroxyl groups excluding tert-OH is 1. The fourth-order valence-electron chi connectivity index (χ4n) is 2.46. The number of hydrogen-bond acceptors (Lipinski definition) is 4. The molecule has 22 heavy (non-hydrogen) atoms. The minimum Gasteiger partial charge on any atom is -0.485 e. The Morgan fingerprint density at radius 1 is 1.41 bits per heavy atom. The Balaban J connectivity index is 2.39. The molecule has 0 saturated carbocycles. The van der Waals surface area contributed by atoms with Crippen molar-refractivity contribution in [2.75, 3.05) is 0 Å². The van der Waals surface area contributed by atoms with Gasteiger partial charge >= 0.3 is 0 Å². The van der Waals surface area contributed by atoms with Crippen LogP contribution in [0.25, 0.3) is 0 Å². The van der Waals surface area contributed by atoms with E-state index in [1.54, 1.807) is 18.2 Å². The largest absolute Gasteiger partial charge is 0.485 e. The topological polar surface area (TPSA) is 82.4 Å². The molecule has 1 heterocycles. The monoisotopic (exact) mass is 302 g/mol. The van der Waals surface area contributed by atoms with Crippen LogP contribution in [0.3, 0.4) is 0 Å². The molecule has 5 nitrogen and oxygen atoms in total. The molecule has 0 radical (unpaired) electrons. The molecule has 0 aromatic heterocycles. The first kappa shape index (κ1) is 16.3. The number of nitriles is 1. The van der Waals surface area contributed by atoms with Crippen molar-refractivity contribution in [3.63, 3.8) is 0 Å². The van der Waals surface area contributed by atoms with Crippen LogP contribution in [0.2, 0.25) is 0 Å². The average Bonchev–Trinajstić information content (AvgIpc) is 2.41. The van der Waals surface area contributed by atoms with Gasteiger partial charge in [0.05, 0.1) is 17.7 Å². The summed E-state index contributed by atoms with van der Waals surface area (Å²) in [7, 11) is 0. The van der Waals surface area contributed by atoms with Crippen LogP contribution in [0.15, 0.2) is 18.2 Å². The van der Waals surface area contributed by atoms with Crippen molar-refractivity contribution < 1.29 is 14.6 Å². The highest BCUT2D eigenvalue weighted by atomic mass is 16.5. The molecule has 0 bridgehead atoms. The van der Waals surface area contributed by atoms with Crippen LogP contribution in [0.5, 0.6) is 5.75 Å². The predicted molar refractivity (Wildman–Crippen MR) is 82.2 cm³/mol. The van der Waals surface area contributed by atoms with E-state index in [0.717, 1.165) is 0 Å². The minimum absolute atomic E-state index is 0.159. The molecule has 0 spiro atoms. The molecule has 2 N–H and O–H groups in total. The van der Waals surface area contributed by atoms with Crippen LogP contribution in [0, 0.1) is 16.7 Å². The summed E-state index contributed by atoms with van der Waals surface area (Å²) in [6.07, 6.45) is -0.932. The van der Waals surface area contributed by atoms with Crippen molar-refractivity contribution in [1.29, 1.82) is 5.26 Å². The molecule has 2 atom stereocenters. The molecule has 0 fully saturated rings. The Kier molecular flexibility index (Phi) is 3.92. The van der Waals surface area contributed by atoms with E-state index in [0.29, 0.717) is 16.9 Å². The number of aliphatic hydroxyl groups is 1. The van der Waals surface area contributed by atoms with Crippen molar-refractivity contribution in [3.8, 4) is 11.8 Å². The van der Waals surface area contributed by atoms with Gasteiger partial charge in [-0.3, -0.25) is 4.79 Å². The number of rotatable bonds is 1. The second kappa shape index (κ2) is 5.29. The molecule has 0 unspecified atom stereocenters. The van der Waals surface area contributed by atoms with Crippen LogP contribution < -0.4 is 10.1 Å². The number of hydrogen-bond donors (Lipinski definition) is 2. The molecule has 0 saturated heterocycles. The third-order valence-electron chi connectivity index (χ3n) is 3.86. The number of fused-ring (bicyclic) bond motifs is 1. The minimum atomic E-state index is -0.932. The molecule has 1 aromatic carbocycles. The molecular formula is C17H22N2O3. The predicted octanol–water partition coefficient (Wildman–Crippen LogP) is 2.29. The zero-order valence-corrected chi connectivity index (χ0v) is 13.6. The third kappa shape index (κ3) is 2.93. The van der Waals surface area contributed by atoms with E-state index >= 15 is 0 Å². The fourth-order valence-corrected chi connectivity index (χ4v) is 2.46. The molecule has 1 aromatic rings. The maximum Gasteiger partial charge on any atom is 0.225 e. The lowest BCUT2D eigenvalue weighted by Gasteiger charge is -2.44.